The summed E-state index contributed by atoms with van der Waals surface area (Å²) in [6.07, 6.45) is 3.87. The Labute approximate surface area is 236 Å². The molecule has 2 aliphatic heterocycles. The van der Waals surface area contributed by atoms with Crippen LogP contribution in [0.3, 0.4) is 0 Å². The molecule has 0 amide bonds. The minimum absolute atomic E-state index is 0.127. The maximum absolute atomic E-state index is 15.2. The number of ether oxygens (including phenoxy) is 1. The summed E-state index contributed by atoms with van der Waals surface area (Å²) < 4.78 is 21.0. The topological polar surface area (TPSA) is 80.6 Å². The number of piperidine rings is 1. The number of halogens is 1. The van der Waals surface area contributed by atoms with Crippen LogP contribution in [0.2, 0.25) is 0 Å². The number of rotatable bonds is 6. The monoisotopic (exact) mass is 543 g/mol. The lowest BCUT2D eigenvalue weighted by molar-refractivity contribution is 0.249. The average Bonchev–Trinajstić information content (AvgIpc) is 2.93. The Bertz CT molecular complexity index is 1430. The van der Waals surface area contributed by atoms with Gasteiger partial charge in [-0.25, -0.2) is 14.4 Å². The molecule has 210 valence electrons. The number of fused-ring (bicyclic) bond motifs is 1. The van der Waals surface area contributed by atoms with Gasteiger partial charge in [0.2, 0.25) is 5.95 Å². The summed E-state index contributed by atoms with van der Waals surface area (Å²) in [7, 11) is 4.24. The van der Waals surface area contributed by atoms with Crippen molar-refractivity contribution in [2.24, 2.45) is 0 Å². The van der Waals surface area contributed by atoms with Crippen molar-refractivity contribution in [3.63, 3.8) is 0 Å². The molecule has 0 radical (unpaired) electrons. The zero-order chi connectivity index (χ0) is 28.6. The normalized spacial score (nSPS) is 17.6. The van der Waals surface area contributed by atoms with Gasteiger partial charge in [-0.15, -0.1) is 0 Å². The molecule has 3 aromatic rings. The molecule has 40 heavy (non-hydrogen) atoms. The molecule has 2 aliphatic rings. The third-order valence-corrected chi connectivity index (χ3v) is 7.96. The van der Waals surface area contributed by atoms with E-state index in [2.05, 4.69) is 65.9 Å². The fourth-order valence-corrected chi connectivity index (χ4v) is 5.88. The quantitative estimate of drug-likeness (QED) is 0.422. The first-order chi connectivity index (χ1) is 19.2. The fourth-order valence-electron chi connectivity index (χ4n) is 5.88. The summed E-state index contributed by atoms with van der Waals surface area (Å²) in [5, 5.41) is 13.2. The third kappa shape index (κ3) is 5.41. The van der Waals surface area contributed by atoms with Crippen molar-refractivity contribution in [2.45, 2.75) is 58.7 Å². The van der Waals surface area contributed by atoms with Crippen molar-refractivity contribution in [1.82, 2.24) is 14.9 Å². The van der Waals surface area contributed by atoms with E-state index in [4.69, 9.17) is 9.72 Å². The van der Waals surface area contributed by atoms with Gasteiger partial charge >= 0.3 is 0 Å². The summed E-state index contributed by atoms with van der Waals surface area (Å²) in [5.41, 5.74) is 5.16. The molecule has 5 rings (SSSR count). The molecule has 1 unspecified atom stereocenters. The predicted octanol–water partition coefficient (Wildman–Crippen LogP) is 5.73. The van der Waals surface area contributed by atoms with Crippen LogP contribution < -0.4 is 19.9 Å². The zero-order valence-electron chi connectivity index (χ0n) is 24.2. The molecule has 8 nitrogen and oxygen atoms in total. The highest BCUT2D eigenvalue weighted by Crippen LogP contribution is 2.41. The summed E-state index contributed by atoms with van der Waals surface area (Å²) >= 11 is 0. The smallest absolute Gasteiger partial charge is 0.227 e. The van der Waals surface area contributed by atoms with E-state index >= 15 is 4.39 Å². The number of hydrogen-bond acceptors (Lipinski definition) is 8. The number of benzene rings is 2. The van der Waals surface area contributed by atoms with Crippen LogP contribution in [0, 0.1) is 24.1 Å². The molecule has 2 aromatic carbocycles. The Kier molecular flexibility index (Phi) is 7.81. The van der Waals surface area contributed by atoms with Gasteiger partial charge in [0.1, 0.15) is 12.7 Å². The number of aromatic nitrogens is 2. The van der Waals surface area contributed by atoms with E-state index in [0.29, 0.717) is 35.4 Å². The van der Waals surface area contributed by atoms with E-state index < -0.39 is 5.82 Å². The Balaban J connectivity index is 1.41. The Morgan fingerprint density at radius 1 is 1.15 bits per heavy atom. The third-order valence-electron chi connectivity index (χ3n) is 7.96. The average molecular weight is 544 g/mol. The Morgan fingerprint density at radius 2 is 1.90 bits per heavy atom. The summed E-state index contributed by atoms with van der Waals surface area (Å²) in [6, 6.07) is 12.5. The lowest BCUT2D eigenvalue weighted by atomic mass is 10.0. The van der Waals surface area contributed by atoms with Crippen molar-refractivity contribution in [3.8, 4) is 23.1 Å². The number of nitrogens with one attached hydrogen (secondary N) is 1. The highest BCUT2D eigenvalue weighted by Gasteiger charge is 2.30. The molecule has 1 atom stereocenters. The minimum Gasteiger partial charge on any atom is -0.486 e. The highest BCUT2D eigenvalue weighted by atomic mass is 19.1. The van der Waals surface area contributed by atoms with Gasteiger partial charge in [0.05, 0.1) is 28.7 Å². The Hall–Kier alpha value is -3.90. The summed E-state index contributed by atoms with van der Waals surface area (Å²) in [6.45, 7) is 10.5. The highest BCUT2D eigenvalue weighted by molar-refractivity contribution is 5.75. The number of nitriles is 1. The second-order valence-electron chi connectivity index (χ2n) is 11.3. The first-order valence-corrected chi connectivity index (χ1v) is 14.0. The van der Waals surface area contributed by atoms with Gasteiger partial charge in [-0.1, -0.05) is 0 Å². The van der Waals surface area contributed by atoms with Gasteiger partial charge in [-0.3, -0.25) is 0 Å². The maximum atomic E-state index is 15.2. The number of aryl methyl sites for hydroxylation is 1. The molecule has 0 aliphatic carbocycles. The predicted molar refractivity (Wildman–Crippen MR) is 158 cm³/mol. The SMILES string of the molecule is Cc1cnc(Nc2ccc(N3CCC(N(C)C)CC3)c(C#N)c2)nc1-c1cc(F)c2c(c1)N(C(C)C)C(C)CO2. The molecular weight excluding hydrogens is 505 g/mol. The lowest BCUT2D eigenvalue weighted by Crippen LogP contribution is -2.45. The molecular formula is C31H38FN7O. The van der Waals surface area contributed by atoms with Gasteiger partial charge in [0.15, 0.2) is 11.6 Å². The van der Waals surface area contributed by atoms with Crippen LogP contribution in [0.5, 0.6) is 5.75 Å². The molecule has 1 fully saturated rings. The number of anilines is 4. The molecule has 0 spiro atoms. The van der Waals surface area contributed by atoms with Crippen molar-refractivity contribution in [1.29, 1.82) is 5.26 Å². The van der Waals surface area contributed by atoms with Crippen LogP contribution in [-0.4, -0.2) is 66.8 Å². The molecule has 1 saturated heterocycles. The number of hydrogen-bond donors (Lipinski definition) is 1. The van der Waals surface area contributed by atoms with E-state index in [9.17, 15) is 5.26 Å². The van der Waals surface area contributed by atoms with E-state index in [-0.39, 0.29) is 17.8 Å². The van der Waals surface area contributed by atoms with Crippen molar-refractivity contribution >= 4 is 23.0 Å². The van der Waals surface area contributed by atoms with Gasteiger partial charge in [-0.2, -0.15) is 5.26 Å². The molecule has 1 aromatic heterocycles. The van der Waals surface area contributed by atoms with Crippen molar-refractivity contribution in [2.75, 3.05) is 48.9 Å². The van der Waals surface area contributed by atoms with Crippen molar-refractivity contribution in [3.05, 3.63) is 53.5 Å². The minimum atomic E-state index is -0.401. The summed E-state index contributed by atoms with van der Waals surface area (Å²) in [4.78, 5) is 16.0. The van der Waals surface area contributed by atoms with Crippen LogP contribution in [0.4, 0.5) is 27.4 Å². The number of nitrogens with zero attached hydrogens (tertiary/aromatic N) is 6. The van der Waals surface area contributed by atoms with E-state index in [1.54, 1.807) is 6.20 Å². The van der Waals surface area contributed by atoms with Crippen LogP contribution >= 0.6 is 0 Å². The van der Waals surface area contributed by atoms with Crippen LogP contribution in [0.1, 0.15) is 44.7 Å². The van der Waals surface area contributed by atoms with Crippen LogP contribution in [0.25, 0.3) is 11.3 Å². The van der Waals surface area contributed by atoms with E-state index in [1.165, 1.54) is 6.07 Å². The lowest BCUT2D eigenvalue weighted by Gasteiger charge is -2.40. The van der Waals surface area contributed by atoms with Crippen molar-refractivity contribution < 1.29 is 9.13 Å². The van der Waals surface area contributed by atoms with E-state index in [1.807, 2.05) is 31.2 Å². The molecule has 1 N–H and O–H groups in total. The van der Waals surface area contributed by atoms with Gasteiger partial charge in [-0.05, 0) is 90.5 Å². The molecule has 3 heterocycles. The second-order valence-corrected chi connectivity index (χ2v) is 11.3. The van der Waals surface area contributed by atoms with Gasteiger partial charge in [0, 0.05) is 42.6 Å². The molecule has 0 bridgehead atoms. The largest absolute Gasteiger partial charge is 0.486 e. The van der Waals surface area contributed by atoms with Crippen LogP contribution in [0.15, 0.2) is 36.5 Å². The van der Waals surface area contributed by atoms with Gasteiger partial charge < -0.3 is 24.8 Å². The first-order valence-electron chi connectivity index (χ1n) is 14.0. The first kappa shape index (κ1) is 27.7. The van der Waals surface area contributed by atoms with E-state index in [0.717, 1.165) is 48.6 Å². The van der Waals surface area contributed by atoms with Gasteiger partial charge in [0.25, 0.3) is 0 Å². The van der Waals surface area contributed by atoms with Crippen LogP contribution in [-0.2, 0) is 0 Å². The second kappa shape index (κ2) is 11.3. The fraction of sp³-hybridized carbons (Fsp3) is 0.452. The molecule has 9 heteroatoms. The zero-order valence-corrected chi connectivity index (χ0v) is 24.2. The summed E-state index contributed by atoms with van der Waals surface area (Å²) in [5.74, 6) is 0.268. The molecule has 0 saturated carbocycles. The Morgan fingerprint density at radius 3 is 2.58 bits per heavy atom. The maximum Gasteiger partial charge on any atom is 0.227 e. The standard InChI is InChI=1S/C31H38FN7O/c1-19(2)39-21(4)18-40-30-26(32)14-22(15-28(30)39)29-20(3)17-34-31(36-29)35-24-7-8-27(23(13-24)16-33)38-11-9-25(10-12-38)37(5)6/h7-8,13-15,17,19,21,25H,9-12,18H2,1-6H3,(H,34,35,36).